The molecule has 4 bridgehead atoms. The molecule has 1 aromatic heterocycles. The minimum Gasteiger partial charge on any atom is -0.494 e. The van der Waals surface area contributed by atoms with Gasteiger partial charge < -0.3 is 30.1 Å². The van der Waals surface area contributed by atoms with E-state index in [-0.39, 0.29) is 18.0 Å². The van der Waals surface area contributed by atoms with Crippen LogP contribution in [0.3, 0.4) is 0 Å². The zero-order valence-corrected chi connectivity index (χ0v) is 23.9. The molecule has 2 aromatic carbocycles. The minimum atomic E-state index is -0.919. The third-order valence-corrected chi connectivity index (χ3v) is 6.84. The number of nitrogens with zero attached hydrogens (tertiary/aromatic N) is 3. The summed E-state index contributed by atoms with van der Waals surface area (Å²) in [7, 11) is 3.32. The number of aryl methyl sites for hydroxylation is 1. The molecule has 10 heteroatoms. The first-order valence-corrected chi connectivity index (χ1v) is 14.0. The summed E-state index contributed by atoms with van der Waals surface area (Å²) < 4.78 is 11.9. The zero-order chi connectivity index (χ0) is 29.2. The average molecular weight is 562 g/mol. The summed E-state index contributed by atoms with van der Waals surface area (Å²) in [5, 5.41) is 17.5. The topological polar surface area (TPSA) is 126 Å². The van der Waals surface area contributed by atoms with Crippen molar-refractivity contribution in [1.29, 1.82) is 0 Å². The van der Waals surface area contributed by atoms with Gasteiger partial charge in [-0.05, 0) is 67.6 Å². The van der Waals surface area contributed by atoms with Crippen molar-refractivity contribution in [2.45, 2.75) is 51.3 Å². The molecule has 3 aromatic rings. The highest BCUT2D eigenvalue weighted by molar-refractivity contribution is 6.00. The van der Waals surface area contributed by atoms with E-state index in [0.717, 1.165) is 42.0 Å². The van der Waals surface area contributed by atoms with Crippen molar-refractivity contribution in [3.63, 3.8) is 0 Å². The highest BCUT2D eigenvalue weighted by Gasteiger charge is 2.24. The van der Waals surface area contributed by atoms with Gasteiger partial charge in [0.15, 0.2) is 0 Å². The standard InChI is InChI=1S/C31H39N5O5/c1-4-24-17-25(34-20-33-24)18-32-19-29(37)28-13-21-8-7-9-26(12-21)40-10-5-6-11-41-27-15-22(30(38)35-28)14-23(16-27)31(39)36(2)3/h7-9,12,14-17,20,28-29,32,37H,4-6,10-11,13,18-19H2,1-3H3,(H,35,38)/t28-,29+/m0/s1. The first-order valence-electron chi connectivity index (χ1n) is 14.0. The molecule has 2 atom stereocenters. The summed E-state index contributed by atoms with van der Waals surface area (Å²) in [6, 6.07) is 13.8. The molecule has 0 radical (unpaired) electrons. The second-order valence-corrected chi connectivity index (χ2v) is 10.3. The monoisotopic (exact) mass is 561 g/mol. The van der Waals surface area contributed by atoms with Crippen molar-refractivity contribution in [3.05, 3.63) is 82.9 Å². The van der Waals surface area contributed by atoms with E-state index in [1.165, 1.54) is 11.2 Å². The Kier molecular flexibility index (Phi) is 10.6. The van der Waals surface area contributed by atoms with E-state index < -0.39 is 18.1 Å². The van der Waals surface area contributed by atoms with Crippen LogP contribution in [0.15, 0.2) is 54.9 Å². The second kappa shape index (κ2) is 14.6. The number of amides is 2. The number of hydrogen-bond donors (Lipinski definition) is 3. The number of carbonyl (C=O) groups is 2. The molecule has 1 aliphatic rings. The Morgan fingerprint density at radius 1 is 1.07 bits per heavy atom. The van der Waals surface area contributed by atoms with E-state index in [1.54, 1.807) is 32.3 Å². The van der Waals surface area contributed by atoms with Crippen LogP contribution in [-0.2, 0) is 19.4 Å². The number of nitrogens with one attached hydrogen (secondary N) is 2. The molecule has 0 fully saturated rings. The van der Waals surface area contributed by atoms with Gasteiger partial charge in [0.25, 0.3) is 11.8 Å². The summed E-state index contributed by atoms with van der Waals surface area (Å²) in [5.74, 6) is 0.535. The maximum Gasteiger partial charge on any atom is 0.253 e. The van der Waals surface area contributed by atoms with E-state index in [0.29, 0.717) is 37.5 Å². The molecule has 0 unspecified atom stereocenters. The quantitative estimate of drug-likeness (QED) is 0.402. The van der Waals surface area contributed by atoms with E-state index in [4.69, 9.17) is 9.47 Å². The summed E-state index contributed by atoms with van der Waals surface area (Å²) in [4.78, 5) is 36.3. The van der Waals surface area contributed by atoms with Crippen molar-refractivity contribution in [1.82, 2.24) is 25.5 Å². The van der Waals surface area contributed by atoms with Crippen LogP contribution in [0.1, 0.15) is 57.4 Å². The molecule has 218 valence electrons. The molecule has 1 aliphatic heterocycles. The maximum absolute atomic E-state index is 13.6. The number of ether oxygens (including phenoxy) is 2. The molecule has 2 heterocycles. The number of aliphatic hydroxyl groups excluding tert-OH is 1. The van der Waals surface area contributed by atoms with Crippen molar-refractivity contribution in [2.24, 2.45) is 0 Å². The number of aromatic nitrogens is 2. The summed E-state index contributed by atoms with van der Waals surface area (Å²) in [6.45, 7) is 3.66. The molecular weight excluding hydrogens is 522 g/mol. The highest BCUT2D eigenvalue weighted by Crippen LogP contribution is 2.21. The van der Waals surface area contributed by atoms with Gasteiger partial charge in [0, 0.05) is 44.0 Å². The lowest BCUT2D eigenvalue weighted by Crippen LogP contribution is -2.48. The molecule has 2 amide bonds. The third-order valence-electron chi connectivity index (χ3n) is 6.84. The van der Waals surface area contributed by atoms with Gasteiger partial charge in [-0.2, -0.15) is 0 Å². The fourth-order valence-electron chi connectivity index (χ4n) is 4.55. The minimum absolute atomic E-state index is 0.222. The number of fused-ring (bicyclic) bond motifs is 4. The van der Waals surface area contributed by atoms with Gasteiger partial charge in [0.05, 0.1) is 31.1 Å². The molecule has 0 spiro atoms. The van der Waals surface area contributed by atoms with Crippen molar-refractivity contribution in [3.8, 4) is 11.5 Å². The van der Waals surface area contributed by atoms with Gasteiger partial charge in [-0.25, -0.2) is 9.97 Å². The first kappa shape index (κ1) is 30.0. The number of benzene rings is 2. The van der Waals surface area contributed by atoms with Gasteiger partial charge in [-0.1, -0.05) is 19.1 Å². The highest BCUT2D eigenvalue weighted by atomic mass is 16.5. The predicted octanol–water partition coefficient (Wildman–Crippen LogP) is 2.78. The number of aliphatic hydroxyl groups is 1. The van der Waals surface area contributed by atoms with Gasteiger partial charge in [0.2, 0.25) is 0 Å². The summed E-state index contributed by atoms with van der Waals surface area (Å²) >= 11 is 0. The number of rotatable bonds is 7. The molecule has 41 heavy (non-hydrogen) atoms. The molecule has 0 saturated heterocycles. The second-order valence-electron chi connectivity index (χ2n) is 10.3. The van der Waals surface area contributed by atoms with Crippen LogP contribution in [0.2, 0.25) is 0 Å². The lowest BCUT2D eigenvalue weighted by atomic mass is 9.99. The molecule has 0 saturated carbocycles. The maximum atomic E-state index is 13.6. The molecule has 10 nitrogen and oxygen atoms in total. The van der Waals surface area contributed by atoms with Crippen LogP contribution in [0.4, 0.5) is 0 Å². The van der Waals surface area contributed by atoms with Gasteiger partial charge in [-0.15, -0.1) is 0 Å². The number of hydrogen-bond acceptors (Lipinski definition) is 8. The van der Waals surface area contributed by atoms with Gasteiger partial charge >= 0.3 is 0 Å². The summed E-state index contributed by atoms with van der Waals surface area (Å²) in [6.07, 6.45) is 3.34. The van der Waals surface area contributed by atoms with Crippen LogP contribution in [0.25, 0.3) is 0 Å². The zero-order valence-electron chi connectivity index (χ0n) is 23.9. The lowest BCUT2D eigenvalue weighted by Gasteiger charge is -2.25. The van der Waals surface area contributed by atoms with E-state index in [2.05, 4.69) is 20.6 Å². The molecule has 4 rings (SSSR count). The Morgan fingerprint density at radius 2 is 1.83 bits per heavy atom. The average Bonchev–Trinajstić information content (AvgIpc) is 2.97. The van der Waals surface area contributed by atoms with Crippen LogP contribution in [-0.4, -0.2) is 77.8 Å². The normalized spacial score (nSPS) is 16.6. The van der Waals surface area contributed by atoms with Gasteiger partial charge in [-0.3, -0.25) is 9.59 Å². The largest absolute Gasteiger partial charge is 0.494 e. The van der Waals surface area contributed by atoms with E-state index in [1.807, 2.05) is 37.3 Å². The SMILES string of the molecule is CCc1cc(CNC[C@@H](O)[C@@H]2Cc3cccc(c3)OCCCCOc3cc(cc(C(=O)N(C)C)c3)C(=O)N2)ncn1. The van der Waals surface area contributed by atoms with E-state index >= 15 is 0 Å². The predicted molar refractivity (Wildman–Crippen MR) is 155 cm³/mol. The lowest BCUT2D eigenvalue weighted by molar-refractivity contribution is 0.0825. The smallest absolute Gasteiger partial charge is 0.253 e. The van der Waals surface area contributed by atoms with Crippen LogP contribution >= 0.6 is 0 Å². The van der Waals surface area contributed by atoms with Gasteiger partial charge in [0.1, 0.15) is 17.8 Å². The first-order chi connectivity index (χ1) is 19.8. The molecular formula is C31H39N5O5. The van der Waals surface area contributed by atoms with E-state index in [9.17, 15) is 14.7 Å². The van der Waals surface area contributed by atoms with Crippen molar-refractivity contribution >= 4 is 11.8 Å². The fraction of sp³-hybridized carbons (Fsp3) is 0.419. The Bertz CT molecular complexity index is 1330. The third kappa shape index (κ3) is 8.73. The van der Waals surface area contributed by atoms with Crippen molar-refractivity contribution in [2.75, 3.05) is 33.9 Å². The van der Waals surface area contributed by atoms with Crippen LogP contribution in [0, 0.1) is 0 Å². The summed E-state index contributed by atoms with van der Waals surface area (Å²) in [5.41, 5.74) is 3.33. The molecule has 0 aliphatic carbocycles. The van der Waals surface area contributed by atoms with Crippen molar-refractivity contribution < 1.29 is 24.2 Å². The Labute approximate surface area is 241 Å². The van der Waals surface area contributed by atoms with Crippen LogP contribution < -0.4 is 20.1 Å². The Morgan fingerprint density at radius 3 is 2.59 bits per heavy atom. The Hall–Kier alpha value is -4.02. The Balaban J connectivity index is 1.58. The molecule has 3 N–H and O–H groups in total. The fourth-order valence-corrected chi connectivity index (χ4v) is 4.55. The van der Waals surface area contributed by atoms with Crippen LogP contribution in [0.5, 0.6) is 11.5 Å². The number of carbonyl (C=O) groups excluding carboxylic acids is 2.